The zero-order valence-electron chi connectivity index (χ0n) is 14.8. The van der Waals surface area contributed by atoms with Crippen LogP contribution in [-0.4, -0.2) is 32.6 Å². The number of halogens is 2. The monoisotopic (exact) mass is 408 g/mol. The van der Waals surface area contributed by atoms with E-state index in [-0.39, 0.29) is 18.2 Å². The average molecular weight is 409 g/mol. The molecule has 2 aromatic rings. The van der Waals surface area contributed by atoms with Crippen LogP contribution in [0.1, 0.15) is 6.42 Å². The highest BCUT2D eigenvalue weighted by atomic mass is 35.5. The summed E-state index contributed by atoms with van der Waals surface area (Å²) < 4.78 is 10.4. The molecule has 0 unspecified atom stereocenters. The Morgan fingerprint density at radius 1 is 1.11 bits per heavy atom. The number of rotatable bonds is 5. The molecule has 1 N–H and O–H groups in total. The van der Waals surface area contributed by atoms with Crippen LogP contribution in [0, 0.1) is 5.92 Å². The zero-order valence-corrected chi connectivity index (χ0v) is 16.3. The van der Waals surface area contributed by atoms with E-state index in [0.29, 0.717) is 39.5 Å². The van der Waals surface area contributed by atoms with Crippen LogP contribution in [0.5, 0.6) is 11.5 Å². The van der Waals surface area contributed by atoms with Crippen LogP contribution in [0.4, 0.5) is 11.4 Å². The van der Waals surface area contributed by atoms with Crippen molar-refractivity contribution < 1.29 is 19.1 Å². The second-order valence-electron chi connectivity index (χ2n) is 6.06. The van der Waals surface area contributed by atoms with Gasteiger partial charge in [0, 0.05) is 35.8 Å². The molecule has 1 heterocycles. The number of carbonyl (C=O) groups excluding carboxylic acids is 2. The first kappa shape index (κ1) is 19.3. The lowest BCUT2D eigenvalue weighted by atomic mass is 10.1. The molecule has 142 valence electrons. The molecule has 1 saturated heterocycles. The fourth-order valence-electron chi connectivity index (χ4n) is 2.95. The molecule has 0 aromatic heterocycles. The molecular weight excluding hydrogens is 391 g/mol. The number of methoxy groups -OCH3 is 2. The number of hydrogen-bond acceptors (Lipinski definition) is 4. The van der Waals surface area contributed by atoms with Gasteiger partial charge in [-0.15, -0.1) is 0 Å². The first-order valence-corrected chi connectivity index (χ1v) is 8.97. The van der Waals surface area contributed by atoms with Crippen LogP contribution >= 0.6 is 23.2 Å². The Balaban J connectivity index is 1.76. The van der Waals surface area contributed by atoms with Gasteiger partial charge in [-0.05, 0) is 24.3 Å². The number of benzene rings is 2. The molecular formula is C19H18Cl2N2O4. The predicted molar refractivity (Wildman–Crippen MR) is 105 cm³/mol. The van der Waals surface area contributed by atoms with Gasteiger partial charge < -0.3 is 19.7 Å². The van der Waals surface area contributed by atoms with Gasteiger partial charge in [-0.25, -0.2) is 0 Å². The van der Waals surface area contributed by atoms with Crippen molar-refractivity contribution in [2.75, 3.05) is 31.0 Å². The number of nitrogens with one attached hydrogen (secondary N) is 1. The van der Waals surface area contributed by atoms with Crippen LogP contribution in [0.2, 0.25) is 10.0 Å². The van der Waals surface area contributed by atoms with Crippen LogP contribution in [0.15, 0.2) is 36.4 Å². The number of ether oxygens (including phenoxy) is 2. The summed E-state index contributed by atoms with van der Waals surface area (Å²) in [6, 6.07) is 10.1. The third-order valence-electron chi connectivity index (χ3n) is 4.37. The standard InChI is InChI=1S/C19H18Cl2N2O4/c1-26-16-9-15(17(27-2)8-14(16)21)22-19(25)11-7-18(24)23(10-11)13-5-3-12(20)4-6-13/h3-6,8-9,11H,7,10H2,1-2H3,(H,22,25)/t11-/m0/s1. The molecule has 0 radical (unpaired) electrons. The lowest BCUT2D eigenvalue weighted by Crippen LogP contribution is -2.28. The van der Waals surface area contributed by atoms with Gasteiger partial charge in [-0.1, -0.05) is 23.2 Å². The molecule has 8 heteroatoms. The zero-order chi connectivity index (χ0) is 19.6. The van der Waals surface area contributed by atoms with Gasteiger partial charge in [0.05, 0.1) is 30.8 Å². The number of carbonyl (C=O) groups is 2. The second-order valence-corrected chi connectivity index (χ2v) is 6.90. The normalized spacial score (nSPS) is 16.4. The maximum atomic E-state index is 12.7. The van der Waals surface area contributed by atoms with E-state index in [9.17, 15) is 9.59 Å². The van der Waals surface area contributed by atoms with E-state index < -0.39 is 5.92 Å². The maximum absolute atomic E-state index is 12.7. The van der Waals surface area contributed by atoms with Crippen LogP contribution < -0.4 is 19.7 Å². The summed E-state index contributed by atoms with van der Waals surface area (Å²) in [7, 11) is 2.97. The lowest BCUT2D eigenvalue weighted by Gasteiger charge is -2.17. The molecule has 0 saturated carbocycles. The topological polar surface area (TPSA) is 67.9 Å². The molecule has 1 atom stereocenters. The summed E-state index contributed by atoms with van der Waals surface area (Å²) in [5, 5.41) is 3.76. The van der Waals surface area contributed by atoms with E-state index >= 15 is 0 Å². The molecule has 1 aliphatic rings. The fourth-order valence-corrected chi connectivity index (χ4v) is 3.30. The van der Waals surface area contributed by atoms with Gasteiger partial charge in [0.1, 0.15) is 11.5 Å². The highest BCUT2D eigenvalue weighted by molar-refractivity contribution is 6.32. The van der Waals surface area contributed by atoms with E-state index in [0.717, 1.165) is 0 Å². The van der Waals surface area contributed by atoms with Crippen molar-refractivity contribution in [2.45, 2.75) is 6.42 Å². The Morgan fingerprint density at radius 3 is 2.41 bits per heavy atom. The molecule has 27 heavy (non-hydrogen) atoms. The fraction of sp³-hybridized carbons (Fsp3) is 0.263. The third-order valence-corrected chi connectivity index (χ3v) is 4.91. The van der Waals surface area contributed by atoms with Gasteiger partial charge in [-0.3, -0.25) is 9.59 Å². The van der Waals surface area contributed by atoms with Gasteiger partial charge >= 0.3 is 0 Å². The Morgan fingerprint density at radius 2 is 1.78 bits per heavy atom. The Labute approximate surface area is 167 Å². The molecule has 1 aliphatic heterocycles. The Bertz CT molecular complexity index is 871. The maximum Gasteiger partial charge on any atom is 0.229 e. The average Bonchev–Trinajstić information content (AvgIpc) is 3.05. The summed E-state index contributed by atoms with van der Waals surface area (Å²) >= 11 is 12.0. The number of anilines is 2. The summed E-state index contributed by atoms with van der Waals surface area (Å²) in [6.07, 6.45) is 0.126. The van der Waals surface area contributed by atoms with E-state index in [1.807, 2.05) is 0 Å². The lowest BCUT2D eigenvalue weighted by molar-refractivity contribution is -0.122. The highest BCUT2D eigenvalue weighted by Gasteiger charge is 2.35. The minimum absolute atomic E-state index is 0.113. The van der Waals surface area contributed by atoms with E-state index in [2.05, 4.69) is 5.32 Å². The van der Waals surface area contributed by atoms with Crippen molar-refractivity contribution in [2.24, 2.45) is 5.92 Å². The van der Waals surface area contributed by atoms with E-state index in [1.54, 1.807) is 41.3 Å². The number of amides is 2. The van der Waals surface area contributed by atoms with Crippen molar-refractivity contribution in [1.82, 2.24) is 0 Å². The predicted octanol–water partition coefficient (Wildman–Crippen LogP) is 4.00. The molecule has 0 aliphatic carbocycles. The van der Waals surface area contributed by atoms with Gasteiger partial charge in [0.25, 0.3) is 0 Å². The van der Waals surface area contributed by atoms with Crippen molar-refractivity contribution >= 4 is 46.4 Å². The first-order valence-electron chi connectivity index (χ1n) is 8.21. The van der Waals surface area contributed by atoms with Crippen molar-refractivity contribution in [1.29, 1.82) is 0 Å². The number of nitrogens with zero attached hydrogens (tertiary/aromatic N) is 1. The summed E-state index contributed by atoms with van der Waals surface area (Å²) in [5.74, 6) is -0.0498. The largest absolute Gasteiger partial charge is 0.495 e. The minimum Gasteiger partial charge on any atom is -0.495 e. The summed E-state index contributed by atoms with van der Waals surface area (Å²) in [5.41, 5.74) is 1.14. The summed E-state index contributed by atoms with van der Waals surface area (Å²) in [4.78, 5) is 26.6. The molecule has 6 nitrogen and oxygen atoms in total. The molecule has 0 spiro atoms. The van der Waals surface area contributed by atoms with Crippen LogP contribution in [-0.2, 0) is 9.59 Å². The molecule has 1 fully saturated rings. The van der Waals surface area contributed by atoms with E-state index in [1.165, 1.54) is 14.2 Å². The Hall–Kier alpha value is -2.44. The molecule has 2 aromatic carbocycles. The van der Waals surface area contributed by atoms with Crippen molar-refractivity contribution in [3.05, 3.63) is 46.4 Å². The first-order chi connectivity index (χ1) is 12.9. The smallest absolute Gasteiger partial charge is 0.229 e. The minimum atomic E-state index is -0.487. The van der Waals surface area contributed by atoms with Gasteiger partial charge in [0.15, 0.2) is 0 Å². The van der Waals surface area contributed by atoms with Crippen molar-refractivity contribution in [3.8, 4) is 11.5 Å². The molecule has 2 amide bonds. The SMILES string of the molecule is COc1cc(NC(=O)[C@H]2CC(=O)N(c3ccc(Cl)cc3)C2)c(OC)cc1Cl. The number of hydrogen-bond donors (Lipinski definition) is 1. The Kier molecular flexibility index (Phi) is 5.77. The van der Waals surface area contributed by atoms with Gasteiger partial charge in [0.2, 0.25) is 11.8 Å². The van der Waals surface area contributed by atoms with Crippen molar-refractivity contribution in [3.63, 3.8) is 0 Å². The van der Waals surface area contributed by atoms with E-state index in [4.69, 9.17) is 32.7 Å². The van der Waals surface area contributed by atoms with Gasteiger partial charge in [-0.2, -0.15) is 0 Å². The van der Waals surface area contributed by atoms with Crippen LogP contribution in [0.3, 0.4) is 0 Å². The molecule has 3 rings (SSSR count). The highest BCUT2D eigenvalue weighted by Crippen LogP contribution is 2.36. The molecule has 0 bridgehead atoms. The third kappa shape index (κ3) is 4.12. The van der Waals surface area contributed by atoms with Crippen LogP contribution in [0.25, 0.3) is 0 Å². The quantitative estimate of drug-likeness (QED) is 0.811. The summed E-state index contributed by atoms with van der Waals surface area (Å²) in [6.45, 7) is 0.291. The second kappa shape index (κ2) is 8.06.